The van der Waals surface area contributed by atoms with Gasteiger partial charge >= 0.3 is 0 Å². The first-order valence-electron chi connectivity index (χ1n) is 14.1. The number of methoxy groups -OCH3 is 1. The van der Waals surface area contributed by atoms with Gasteiger partial charge in [0, 0.05) is 28.2 Å². The maximum Gasteiger partial charge on any atom is 0.226 e. The van der Waals surface area contributed by atoms with Crippen molar-refractivity contribution in [2.45, 2.75) is 45.4 Å². The first kappa shape index (κ1) is 27.1. The monoisotopic (exact) mass is 519 g/mol. The van der Waals surface area contributed by atoms with Crippen LogP contribution < -0.4 is 15.5 Å². The molecule has 0 aliphatic carbocycles. The molecule has 0 unspecified atom stereocenters. The van der Waals surface area contributed by atoms with E-state index in [0.717, 1.165) is 73.3 Å². The zero-order valence-electron chi connectivity index (χ0n) is 23.3. The molecule has 1 aromatic heterocycles. The third-order valence-electron chi connectivity index (χ3n) is 7.95. The molecule has 1 amide bonds. The minimum atomic E-state index is -0.0225. The molecule has 2 N–H and O–H groups in total. The number of piperidine rings is 1. The largest absolute Gasteiger partial charge is 0.497 e. The van der Waals surface area contributed by atoms with Crippen LogP contribution in [0.15, 0.2) is 66.7 Å². The predicted molar refractivity (Wildman–Crippen MR) is 162 cm³/mol. The summed E-state index contributed by atoms with van der Waals surface area (Å²) < 4.78 is 5.53. The van der Waals surface area contributed by atoms with Crippen LogP contribution in [-0.2, 0) is 11.2 Å². The van der Waals surface area contributed by atoms with E-state index in [9.17, 15) is 4.79 Å². The Morgan fingerprint density at radius 3 is 2.56 bits per heavy atom. The Morgan fingerprint density at radius 1 is 1.08 bits per heavy atom. The number of aryl methyl sites for hydroxylation is 1. The van der Waals surface area contributed by atoms with E-state index < -0.39 is 0 Å². The van der Waals surface area contributed by atoms with E-state index >= 15 is 0 Å². The topological polar surface area (TPSA) is 57.4 Å². The molecule has 0 atom stereocenters. The zero-order chi connectivity index (χ0) is 27.4. The van der Waals surface area contributed by atoms with Crippen LogP contribution in [0.1, 0.15) is 50.2 Å². The summed E-state index contributed by atoms with van der Waals surface area (Å²) in [6, 6.07) is 22.8. The van der Waals surface area contributed by atoms with Gasteiger partial charge in [0.1, 0.15) is 13.6 Å². The molecule has 5 nitrogen and oxygen atoms in total. The number of nitrogens with one attached hydrogen (secondary N) is 2. The van der Waals surface area contributed by atoms with Crippen LogP contribution >= 0.6 is 0 Å². The number of likely N-dealkylation sites (tertiary alicyclic amines) is 1. The number of fused-ring (bicyclic) bond motifs is 1. The molecule has 2 heterocycles. The average molecular weight is 519 g/mol. The molecule has 4 aromatic rings. The summed E-state index contributed by atoms with van der Waals surface area (Å²) in [6.07, 6.45) is 4.36. The Balaban J connectivity index is 1.22. The molecule has 0 bridgehead atoms. The molecule has 3 aromatic carbocycles. The predicted octanol–water partition coefficient (Wildman–Crippen LogP) is 6.04. The molecule has 1 aliphatic heterocycles. The maximum atomic E-state index is 12.1. The summed E-state index contributed by atoms with van der Waals surface area (Å²) in [7, 11) is 7.67. The first-order chi connectivity index (χ1) is 18.9. The lowest BCUT2D eigenvalue weighted by molar-refractivity contribution is -0.118. The van der Waals surface area contributed by atoms with Crippen LogP contribution in [0.2, 0.25) is 0 Å². The minimum absolute atomic E-state index is 0.0225. The summed E-state index contributed by atoms with van der Waals surface area (Å²) >= 11 is 0. The molecule has 5 rings (SSSR count). The van der Waals surface area contributed by atoms with Crippen LogP contribution in [0.25, 0.3) is 22.2 Å². The third-order valence-corrected chi connectivity index (χ3v) is 7.95. The number of anilines is 1. The van der Waals surface area contributed by atoms with Crippen LogP contribution in [-0.4, -0.2) is 50.4 Å². The molecule has 0 saturated carbocycles. The number of rotatable bonds is 9. The Labute approximate surface area is 233 Å². The van der Waals surface area contributed by atoms with E-state index in [1.165, 1.54) is 22.2 Å². The second-order valence-corrected chi connectivity index (χ2v) is 11.0. The Hall–Kier alpha value is -3.51. The van der Waals surface area contributed by atoms with Gasteiger partial charge in [-0.05, 0) is 98.3 Å². The van der Waals surface area contributed by atoms with Crippen LogP contribution in [0.5, 0.6) is 5.75 Å². The van der Waals surface area contributed by atoms with Gasteiger partial charge in [0.05, 0.1) is 7.11 Å². The molecule has 1 saturated heterocycles. The van der Waals surface area contributed by atoms with Gasteiger partial charge in [-0.1, -0.05) is 55.7 Å². The van der Waals surface area contributed by atoms with Crippen molar-refractivity contribution in [2.75, 3.05) is 32.1 Å². The van der Waals surface area contributed by atoms with Crippen molar-refractivity contribution in [3.8, 4) is 17.0 Å². The van der Waals surface area contributed by atoms with Crippen LogP contribution in [0, 0.1) is 5.92 Å². The number of ether oxygens (including phenoxy) is 1. The Bertz CT molecular complexity index is 1420. The standard InChI is InChI=1S/C33H38BN3O2/c1-22(2)33(38)35-27-7-4-6-25(20-27)23-15-18-37(19-16-23)17-5-8-29-30-21-28(39-3)13-14-31(30)36-32(29)24-9-11-26(34)12-10-24/h4,6-7,9-14,20-23,36H,5,8,15-19H2,1-3H3,(H,35,38). The van der Waals surface area contributed by atoms with Gasteiger partial charge in [0.15, 0.2) is 0 Å². The highest BCUT2D eigenvalue weighted by Crippen LogP contribution is 2.34. The summed E-state index contributed by atoms with van der Waals surface area (Å²) in [5.41, 5.74) is 7.80. The molecule has 6 heteroatoms. The van der Waals surface area contributed by atoms with Crippen molar-refractivity contribution in [3.05, 3.63) is 77.9 Å². The van der Waals surface area contributed by atoms with E-state index in [-0.39, 0.29) is 11.8 Å². The number of nitrogens with zero attached hydrogens (tertiary/aromatic N) is 1. The summed E-state index contributed by atoms with van der Waals surface area (Å²) in [5.74, 6) is 1.46. The highest BCUT2D eigenvalue weighted by molar-refractivity contribution is 6.32. The normalized spacial score (nSPS) is 14.7. The molecule has 1 fully saturated rings. The van der Waals surface area contributed by atoms with Crippen molar-refractivity contribution in [3.63, 3.8) is 0 Å². The Morgan fingerprint density at radius 2 is 1.85 bits per heavy atom. The van der Waals surface area contributed by atoms with Crippen molar-refractivity contribution in [2.24, 2.45) is 5.92 Å². The van der Waals surface area contributed by atoms with E-state index in [1.54, 1.807) is 7.11 Å². The lowest BCUT2D eigenvalue weighted by Gasteiger charge is -2.32. The quantitative estimate of drug-likeness (QED) is 0.265. The van der Waals surface area contributed by atoms with E-state index in [0.29, 0.717) is 5.92 Å². The lowest BCUT2D eigenvalue weighted by atomic mass is 9.89. The number of aromatic amines is 1. The summed E-state index contributed by atoms with van der Waals surface area (Å²) in [4.78, 5) is 18.4. The number of hydrogen-bond donors (Lipinski definition) is 2. The number of benzene rings is 3. The second kappa shape index (κ2) is 12.1. The van der Waals surface area contributed by atoms with Crippen molar-refractivity contribution >= 4 is 35.8 Å². The van der Waals surface area contributed by atoms with Crippen LogP contribution in [0.3, 0.4) is 0 Å². The molecule has 200 valence electrons. The number of carbonyl (C=O) groups excluding carboxylic acids is 1. The Kier molecular flexibility index (Phi) is 8.42. The van der Waals surface area contributed by atoms with Gasteiger partial charge in [-0.25, -0.2) is 0 Å². The fourth-order valence-corrected chi connectivity index (χ4v) is 5.64. The summed E-state index contributed by atoms with van der Waals surface area (Å²) in [6.45, 7) is 7.11. The summed E-state index contributed by atoms with van der Waals surface area (Å²) in [5, 5.41) is 4.27. The third kappa shape index (κ3) is 6.39. The molecular formula is C33H38BN3O2. The fourth-order valence-electron chi connectivity index (χ4n) is 5.64. The number of H-pyrrole nitrogens is 1. The SMILES string of the molecule is [B]c1ccc(-c2[nH]c3ccc(OC)cc3c2CCCN2CCC(c3cccc(NC(=O)C(C)C)c3)CC2)cc1. The van der Waals surface area contributed by atoms with Gasteiger partial charge in [0.2, 0.25) is 5.91 Å². The number of amides is 1. The maximum absolute atomic E-state index is 12.1. The average Bonchev–Trinajstić information content (AvgIpc) is 3.31. The van der Waals surface area contributed by atoms with Gasteiger partial charge in [-0.15, -0.1) is 0 Å². The molecule has 0 spiro atoms. The van der Waals surface area contributed by atoms with Crippen molar-refractivity contribution in [1.29, 1.82) is 0 Å². The van der Waals surface area contributed by atoms with Gasteiger partial charge in [-0.2, -0.15) is 0 Å². The number of hydrogen-bond acceptors (Lipinski definition) is 3. The zero-order valence-corrected chi connectivity index (χ0v) is 23.3. The molecule has 1 aliphatic rings. The van der Waals surface area contributed by atoms with E-state index in [1.807, 2.05) is 38.1 Å². The number of carbonyl (C=O) groups is 1. The van der Waals surface area contributed by atoms with Crippen LogP contribution in [0.4, 0.5) is 5.69 Å². The van der Waals surface area contributed by atoms with E-state index in [4.69, 9.17) is 12.6 Å². The van der Waals surface area contributed by atoms with E-state index in [2.05, 4.69) is 57.7 Å². The molecule has 2 radical (unpaired) electrons. The van der Waals surface area contributed by atoms with Crippen molar-refractivity contribution in [1.82, 2.24) is 9.88 Å². The highest BCUT2D eigenvalue weighted by Gasteiger charge is 2.21. The van der Waals surface area contributed by atoms with Gasteiger partial charge in [-0.3, -0.25) is 4.79 Å². The highest BCUT2D eigenvalue weighted by atomic mass is 16.5. The smallest absolute Gasteiger partial charge is 0.226 e. The molecule has 39 heavy (non-hydrogen) atoms. The van der Waals surface area contributed by atoms with Crippen molar-refractivity contribution < 1.29 is 9.53 Å². The minimum Gasteiger partial charge on any atom is -0.497 e. The fraction of sp³-hybridized carbons (Fsp3) is 0.364. The van der Waals surface area contributed by atoms with Gasteiger partial charge in [0.25, 0.3) is 0 Å². The lowest BCUT2D eigenvalue weighted by Crippen LogP contribution is -2.33. The van der Waals surface area contributed by atoms with Gasteiger partial charge < -0.3 is 19.9 Å². The number of aromatic nitrogens is 1. The second-order valence-electron chi connectivity index (χ2n) is 11.0. The molecular weight excluding hydrogens is 481 g/mol. The first-order valence-corrected chi connectivity index (χ1v) is 14.1.